The zero-order valence-corrected chi connectivity index (χ0v) is 32.8. The van der Waals surface area contributed by atoms with E-state index in [0.717, 1.165) is 29.2 Å². The number of aromatic nitrogens is 2. The number of carbonyl (C=O) groups is 1. The van der Waals surface area contributed by atoms with E-state index >= 15 is 0 Å². The summed E-state index contributed by atoms with van der Waals surface area (Å²) in [4.78, 5) is 33.6. The van der Waals surface area contributed by atoms with Gasteiger partial charge in [0.1, 0.15) is 11.7 Å². The van der Waals surface area contributed by atoms with Crippen LogP contribution < -0.4 is 4.31 Å². The van der Waals surface area contributed by atoms with Crippen LogP contribution in [0.5, 0.6) is 0 Å². The van der Waals surface area contributed by atoms with E-state index in [1.807, 2.05) is 27.0 Å². The number of nitrogens with zero attached hydrogens (tertiary/aromatic N) is 7. The largest absolute Gasteiger partial charge is 0.392 e. The van der Waals surface area contributed by atoms with Gasteiger partial charge in [-0.2, -0.15) is 0 Å². The quantitative estimate of drug-likeness (QED) is 0.253. The Labute approximate surface area is 320 Å². The summed E-state index contributed by atoms with van der Waals surface area (Å²) >= 11 is 12.6. The Hall–Kier alpha value is -3.50. The third-order valence-electron chi connectivity index (χ3n) is 9.37. The Balaban J connectivity index is 1.31. The molecule has 1 aromatic heterocycles. The second kappa shape index (κ2) is 17.3. The average molecular weight is 791 g/mol. The molecular formula is C37H46Cl2FN7O5S. The lowest BCUT2D eigenvalue weighted by atomic mass is 9.97. The molecule has 0 aliphatic carbocycles. The minimum absolute atomic E-state index is 0.0521. The van der Waals surface area contributed by atoms with Gasteiger partial charge < -0.3 is 15.1 Å². The molecule has 1 unspecified atom stereocenters. The van der Waals surface area contributed by atoms with Crippen LogP contribution in [-0.4, -0.2) is 126 Å². The molecule has 2 aromatic carbocycles. The number of carbonyl (C=O) groups excluding carboxylic acids is 1. The van der Waals surface area contributed by atoms with Gasteiger partial charge in [-0.1, -0.05) is 55.3 Å². The van der Waals surface area contributed by atoms with Crippen molar-refractivity contribution in [2.45, 2.75) is 57.4 Å². The molecule has 0 saturated carbocycles. The molecule has 16 heteroatoms. The molecule has 3 heterocycles. The fraction of sp³-hybridized carbons (Fsp3) is 0.459. The standard InChI is InChI=1S/C37H46Cl2FN7O5S/c1-23(2)34-30(35(24-7-10-27(40)11-8-24)43-37(42-34)45(4)53(5,51)52)13-12-28(48)19-29(49)20-33(50)47-15-14-41-36(47)32-22-44(3)16-17-46(32)21-25-6-9-26(38)18-31(25)39/h6-13,18,23,28-29,32,48-49H,14-17,19-22H2,1-5H3/b13-12+/t28-,29+,32?/m0/s1. The maximum Gasteiger partial charge on any atom is 0.239 e. The molecule has 3 aromatic rings. The van der Waals surface area contributed by atoms with Gasteiger partial charge in [0, 0.05) is 67.4 Å². The molecular weight excluding hydrogens is 744 g/mol. The summed E-state index contributed by atoms with van der Waals surface area (Å²) < 4.78 is 39.5. The van der Waals surface area contributed by atoms with Crippen molar-refractivity contribution in [3.8, 4) is 11.3 Å². The number of anilines is 1. The summed E-state index contributed by atoms with van der Waals surface area (Å²) in [6, 6.07) is 10.9. The monoisotopic (exact) mass is 789 g/mol. The number of amides is 1. The molecule has 0 spiro atoms. The van der Waals surface area contributed by atoms with Gasteiger partial charge in [-0.05, 0) is 54.9 Å². The summed E-state index contributed by atoms with van der Waals surface area (Å²) in [6.07, 6.45) is 1.47. The van der Waals surface area contributed by atoms with Crippen LogP contribution in [0.2, 0.25) is 10.0 Å². The van der Waals surface area contributed by atoms with Crippen molar-refractivity contribution in [2.24, 2.45) is 4.99 Å². The first-order valence-electron chi connectivity index (χ1n) is 17.4. The molecule has 0 bridgehead atoms. The van der Waals surface area contributed by atoms with Crippen molar-refractivity contribution >= 4 is 57.0 Å². The first kappa shape index (κ1) is 40.7. The third-order valence-corrected chi connectivity index (χ3v) is 11.1. The van der Waals surface area contributed by atoms with Gasteiger partial charge in [-0.25, -0.2) is 27.1 Å². The van der Waals surface area contributed by atoms with Crippen LogP contribution in [0, 0.1) is 5.82 Å². The van der Waals surface area contributed by atoms with E-state index in [9.17, 15) is 27.8 Å². The predicted molar refractivity (Wildman–Crippen MR) is 207 cm³/mol. The van der Waals surface area contributed by atoms with Crippen LogP contribution >= 0.6 is 23.2 Å². The minimum atomic E-state index is -3.69. The van der Waals surface area contributed by atoms with E-state index < -0.39 is 28.0 Å². The van der Waals surface area contributed by atoms with Gasteiger partial charge in [-0.3, -0.25) is 19.6 Å². The van der Waals surface area contributed by atoms with Gasteiger partial charge in [0.15, 0.2) is 0 Å². The van der Waals surface area contributed by atoms with Gasteiger partial charge in [0.25, 0.3) is 0 Å². The van der Waals surface area contributed by atoms with E-state index in [1.54, 1.807) is 23.1 Å². The fourth-order valence-corrected chi connectivity index (χ4v) is 7.26. The van der Waals surface area contributed by atoms with Crippen molar-refractivity contribution in [3.63, 3.8) is 0 Å². The van der Waals surface area contributed by atoms with Gasteiger partial charge >= 0.3 is 0 Å². The lowest BCUT2D eigenvalue weighted by molar-refractivity contribution is -0.129. The molecule has 0 radical (unpaired) electrons. The highest BCUT2D eigenvalue weighted by Crippen LogP contribution is 2.32. The second-order valence-electron chi connectivity index (χ2n) is 13.9. The van der Waals surface area contributed by atoms with Crippen LogP contribution in [0.3, 0.4) is 0 Å². The molecule has 2 N–H and O–H groups in total. The average Bonchev–Trinajstić information content (AvgIpc) is 3.59. The number of hydrogen-bond acceptors (Lipinski definition) is 10. The van der Waals surface area contributed by atoms with Crippen molar-refractivity contribution in [1.82, 2.24) is 24.7 Å². The van der Waals surface area contributed by atoms with E-state index in [4.69, 9.17) is 28.2 Å². The predicted octanol–water partition coefficient (Wildman–Crippen LogP) is 4.68. The van der Waals surface area contributed by atoms with Crippen molar-refractivity contribution in [2.75, 3.05) is 57.4 Å². The maximum absolute atomic E-state index is 13.9. The smallest absolute Gasteiger partial charge is 0.239 e. The first-order chi connectivity index (χ1) is 25.0. The van der Waals surface area contributed by atoms with Gasteiger partial charge in [0.05, 0.1) is 48.9 Å². The number of halogens is 3. The molecule has 286 valence electrons. The molecule has 53 heavy (non-hydrogen) atoms. The van der Waals surface area contributed by atoms with Crippen LogP contribution in [0.25, 0.3) is 17.3 Å². The Morgan fingerprint density at radius 2 is 1.81 bits per heavy atom. The summed E-state index contributed by atoms with van der Waals surface area (Å²) in [6.45, 7) is 7.42. The molecule has 1 fully saturated rings. The summed E-state index contributed by atoms with van der Waals surface area (Å²) in [7, 11) is -0.313. The highest BCUT2D eigenvalue weighted by atomic mass is 35.5. The van der Waals surface area contributed by atoms with E-state index in [-0.39, 0.29) is 36.7 Å². The van der Waals surface area contributed by atoms with Gasteiger partial charge in [0.2, 0.25) is 21.9 Å². The van der Waals surface area contributed by atoms with Crippen LogP contribution in [-0.2, 0) is 21.4 Å². The minimum Gasteiger partial charge on any atom is -0.392 e. The summed E-state index contributed by atoms with van der Waals surface area (Å²) in [5, 5.41) is 23.2. The Bertz CT molecular complexity index is 1970. The van der Waals surface area contributed by atoms with Crippen LogP contribution in [0.4, 0.5) is 10.3 Å². The molecule has 1 saturated heterocycles. The molecule has 3 atom stereocenters. The van der Waals surface area contributed by atoms with Gasteiger partial charge in [-0.15, -0.1) is 0 Å². The lowest BCUT2D eigenvalue weighted by Crippen LogP contribution is -2.58. The normalized spacial score (nSPS) is 18.5. The number of benzene rings is 2. The molecule has 1 amide bonds. The zero-order chi connectivity index (χ0) is 38.6. The van der Waals surface area contributed by atoms with Crippen LogP contribution in [0.1, 0.15) is 49.4 Å². The second-order valence-corrected chi connectivity index (χ2v) is 16.7. The van der Waals surface area contributed by atoms with E-state index in [0.29, 0.717) is 64.6 Å². The van der Waals surface area contributed by atoms with Crippen molar-refractivity contribution < 1.29 is 27.8 Å². The molecule has 2 aliphatic heterocycles. The van der Waals surface area contributed by atoms with Crippen LogP contribution in [0.15, 0.2) is 53.5 Å². The number of hydrogen-bond donors (Lipinski definition) is 2. The Morgan fingerprint density at radius 3 is 2.47 bits per heavy atom. The van der Waals surface area contributed by atoms with Crippen molar-refractivity contribution in [3.05, 3.63) is 81.2 Å². The SMILES string of the molecule is CC(C)c1nc(N(C)S(C)(=O)=O)nc(-c2ccc(F)cc2)c1/C=C/[C@H](O)C[C@@H](O)CC(=O)N1CCN=C1C1CN(C)CCN1Cc1ccc(Cl)cc1Cl. The Morgan fingerprint density at radius 1 is 1.09 bits per heavy atom. The maximum atomic E-state index is 13.9. The lowest BCUT2D eigenvalue weighted by Gasteiger charge is -2.41. The highest BCUT2D eigenvalue weighted by Gasteiger charge is 2.37. The third kappa shape index (κ3) is 10.2. The number of sulfonamides is 1. The zero-order valence-electron chi connectivity index (χ0n) is 30.5. The Kier molecular flexibility index (Phi) is 13.3. The molecule has 12 nitrogen and oxygen atoms in total. The van der Waals surface area contributed by atoms with E-state index in [1.165, 1.54) is 37.4 Å². The number of aliphatic hydroxyl groups is 2. The summed E-state index contributed by atoms with van der Waals surface area (Å²) in [5.41, 5.74) is 2.79. The number of rotatable bonds is 13. The number of aliphatic hydroxyl groups excluding tert-OH is 2. The number of amidine groups is 1. The fourth-order valence-electron chi connectivity index (χ4n) is 6.42. The number of piperazine rings is 1. The van der Waals surface area contributed by atoms with E-state index in [2.05, 4.69) is 19.8 Å². The molecule has 2 aliphatic rings. The molecule has 5 rings (SSSR count). The highest BCUT2D eigenvalue weighted by molar-refractivity contribution is 7.92. The topological polar surface area (TPSA) is 143 Å². The number of aliphatic imine (C=N–C) groups is 1. The van der Waals surface area contributed by atoms with Crippen molar-refractivity contribution in [1.29, 1.82) is 0 Å². The summed E-state index contributed by atoms with van der Waals surface area (Å²) in [5.74, 6) is -0.330. The number of likely N-dealkylation sites (N-methyl/N-ethyl adjacent to an activating group) is 1. The first-order valence-corrected chi connectivity index (χ1v) is 20.0.